The van der Waals surface area contributed by atoms with E-state index in [-0.39, 0.29) is 11.6 Å². The van der Waals surface area contributed by atoms with Gasteiger partial charge in [-0.15, -0.1) is 0 Å². The van der Waals surface area contributed by atoms with E-state index in [2.05, 4.69) is 0 Å². The van der Waals surface area contributed by atoms with Crippen LogP contribution in [0.4, 0.5) is 4.79 Å². The molecule has 0 aromatic rings. The molecule has 0 aromatic carbocycles. The molecule has 7 heteroatoms. The Morgan fingerprint density at radius 1 is 1.05 bits per heavy atom. The first kappa shape index (κ1) is 19.5. The molecule has 1 aliphatic heterocycles. The number of ether oxygens (including phenoxy) is 3. The van der Waals surface area contributed by atoms with Crippen molar-refractivity contribution in [2.45, 2.75) is 38.6 Å². The van der Waals surface area contributed by atoms with Crippen LogP contribution in [0.25, 0.3) is 0 Å². The first-order valence-corrected chi connectivity index (χ1v) is 8.22. The molecule has 22 heavy (non-hydrogen) atoms. The highest BCUT2D eigenvalue weighted by atomic mass is 35.5. The van der Waals surface area contributed by atoms with Gasteiger partial charge < -0.3 is 19.1 Å². The molecule has 1 fully saturated rings. The zero-order valence-corrected chi connectivity index (χ0v) is 14.7. The van der Waals surface area contributed by atoms with E-state index < -0.39 is 0 Å². The lowest BCUT2D eigenvalue weighted by atomic mass is 10.1. The minimum atomic E-state index is -0.287. The molecule has 0 N–H and O–H groups in total. The summed E-state index contributed by atoms with van der Waals surface area (Å²) in [5, 5.41) is 0. The predicted octanol–water partition coefficient (Wildman–Crippen LogP) is 2.51. The normalized spacial score (nSPS) is 17.5. The summed E-state index contributed by atoms with van der Waals surface area (Å²) < 4.78 is 17.0. The van der Waals surface area contributed by atoms with Gasteiger partial charge >= 0.3 is 6.03 Å². The maximum Gasteiger partial charge on any atom is 0.335 e. The summed E-state index contributed by atoms with van der Waals surface area (Å²) in [6.45, 7) is 8.56. The third kappa shape index (κ3) is 6.69. The number of halogens is 1. The number of carbonyl (C=O) groups is 1. The predicted molar refractivity (Wildman–Crippen MR) is 86.1 cm³/mol. The largest absolute Gasteiger partial charge is 0.382 e. The van der Waals surface area contributed by atoms with E-state index in [0.717, 1.165) is 32.4 Å². The molecule has 1 saturated heterocycles. The molecule has 0 aliphatic carbocycles. The van der Waals surface area contributed by atoms with Gasteiger partial charge in [-0.05, 0) is 33.1 Å². The molecule has 6 nitrogen and oxygen atoms in total. The molecule has 1 aliphatic rings. The second-order valence-electron chi connectivity index (χ2n) is 6.08. The number of rotatable bonds is 12. The highest BCUT2D eigenvalue weighted by Gasteiger charge is 2.42. The SMILES string of the molecule is COCCOCCOCCCCCN1CC(C)(C)N(Cl)C1=O. The Morgan fingerprint density at radius 3 is 2.27 bits per heavy atom. The monoisotopic (exact) mass is 336 g/mol. The molecule has 0 bridgehead atoms. The first-order valence-electron chi connectivity index (χ1n) is 7.88. The molecule has 1 rings (SSSR count). The Morgan fingerprint density at radius 2 is 1.68 bits per heavy atom. The molecule has 0 aromatic heterocycles. The average Bonchev–Trinajstić information content (AvgIpc) is 2.68. The number of amides is 2. The minimum Gasteiger partial charge on any atom is -0.382 e. The van der Waals surface area contributed by atoms with Crippen molar-refractivity contribution in [3.8, 4) is 0 Å². The number of methoxy groups -OCH3 is 1. The van der Waals surface area contributed by atoms with Crippen LogP contribution in [0.5, 0.6) is 0 Å². The lowest BCUT2D eigenvalue weighted by molar-refractivity contribution is 0.0239. The molecule has 2 amide bonds. The molecule has 0 atom stereocenters. The Kier molecular flexibility index (Phi) is 9.09. The zero-order chi connectivity index (χ0) is 16.4. The number of unbranched alkanes of at least 4 members (excludes halogenated alkanes) is 2. The molecule has 0 radical (unpaired) electrons. The van der Waals surface area contributed by atoms with Crippen molar-refractivity contribution in [2.24, 2.45) is 0 Å². The Bertz CT molecular complexity index is 329. The van der Waals surface area contributed by atoms with Crippen molar-refractivity contribution in [1.82, 2.24) is 9.32 Å². The Balaban J connectivity index is 1.93. The van der Waals surface area contributed by atoms with Gasteiger partial charge in [-0.1, -0.05) is 0 Å². The summed E-state index contributed by atoms with van der Waals surface area (Å²) in [7, 11) is 1.65. The van der Waals surface area contributed by atoms with Gasteiger partial charge in [0.25, 0.3) is 0 Å². The summed E-state index contributed by atoms with van der Waals surface area (Å²) in [5.74, 6) is 0. The fraction of sp³-hybridized carbons (Fsp3) is 0.933. The molecular formula is C15H29ClN2O4. The Labute approximate surface area is 138 Å². The lowest BCUT2D eigenvalue weighted by Crippen LogP contribution is -2.34. The summed E-state index contributed by atoms with van der Waals surface area (Å²) in [6, 6.07) is -0.0869. The van der Waals surface area contributed by atoms with Gasteiger partial charge in [0.05, 0.1) is 32.0 Å². The van der Waals surface area contributed by atoms with Gasteiger partial charge in [-0.3, -0.25) is 0 Å². The van der Waals surface area contributed by atoms with E-state index in [1.54, 1.807) is 7.11 Å². The summed E-state index contributed by atoms with van der Waals surface area (Å²) >= 11 is 5.99. The maximum atomic E-state index is 11.9. The van der Waals surface area contributed by atoms with E-state index in [1.807, 2.05) is 18.7 Å². The smallest absolute Gasteiger partial charge is 0.335 e. The summed E-state index contributed by atoms with van der Waals surface area (Å²) in [6.07, 6.45) is 3.01. The van der Waals surface area contributed by atoms with Crippen LogP contribution in [0.2, 0.25) is 0 Å². The van der Waals surface area contributed by atoms with Crippen LogP contribution in [-0.4, -0.2) is 74.1 Å². The third-order valence-corrected chi connectivity index (χ3v) is 4.17. The van der Waals surface area contributed by atoms with Gasteiger partial charge in [0.2, 0.25) is 0 Å². The number of nitrogens with zero attached hydrogens (tertiary/aromatic N) is 2. The highest BCUT2D eigenvalue weighted by Crippen LogP contribution is 2.27. The maximum absolute atomic E-state index is 11.9. The van der Waals surface area contributed by atoms with Crippen molar-refractivity contribution in [3.05, 3.63) is 0 Å². The van der Waals surface area contributed by atoms with E-state index in [1.165, 1.54) is 4.42 Å². The molecule has 130 valence electrons. The average molecular weight is 337 g/mol. The first-order chi connectivity index (χ1) is 10.5. The van der Waals surface area contributed by atoms with Crippen molar-refractivity contribution in [3.63, 3.8) is 0 Å². The van der Waals surface area contributed by atoms with Crippen LogP contribution in [-0.2, 0) is 14.2 Å². The van der Waals surface area contributed by atoms with Crippen LogP contribution in [0.1, 0.15) is 33.1 Å². The molecule has 0 spiro atoms. The number of hydrogen-bond donors (Lipinski definition) is 0. The molecule has 0 unspecified atom stereocenters. The van der Waals surface area contributed by atoms with E-state index in [9.17, 15) is 4.79 Å². The lowest BCUT2D eigenvalue weighted by Gasteiger charge is -2.21. The van der Waals surface area contributed by atoms with Crippen LogP contribution >= 0.6 is 11.8 Å². The van der Waals surface area contributed by atoms with Crippen molar-refractivity contribution in [1.29, 1.82) is 0 Å². The van der Waals surface area contributed by atoms with Crippen molar-refractivity contribution >= 4 is 17.8 Å². The van der Waals surface area contributed by atoms with Gasteiger partial charge in [-0.25, -0.2) is 9.21 Å². The summed E-state index contributed by atoms with van der Waals surface area (Å²) in [5.41, 5.74) is -0.287. The van der Waals surface area contributed by atoms with Gasteiger partial charge in [0, 0.05) is 38.6 Å². The van der Waals surface area contributed by atoms with Crippen LogP contribution in [0, 0.1) is 0 Å². The second-order valence-corrected chi connectivity index (χ2v) is 6.41. The number of urea groups is 1. The van der Waals surface area contributed by atoms with Crippen LogP contribution in [0.3, 0.4) is 0 Å². The quantitative estimate of drug-likeness (QED) is 0.406. The molecule has 0 saturated carbocycles. The van der Waals surface area contributed by atoms with Gasteiger partial charge in [-0.2, -0.15) is 0 Å². The fourth-order valence-electron chi connectivity index (χ4n) is 2.30. The zero-order valence-electron chi connectivity index (χ0n) is 14.0. The highest BCUT2D eigenvalue weighted by molar-refractivity contribution is 6.22. The minimum absolute atomic E-state index is 0.0869. The van der Waals surface area contributed by atoms with Gasteiger partial charge in [0.1, 0.15) is 0 Å². The van der Waals surface area contributed by atoms with E-state index >= 15 is 0 Å². The number of hydrogen-bond acceptors (Lipinski definition) is 4. The standard InChI is InChI=1S/C15H29ClN2O4/c1-15(2)13-17(14(19)18(15)16)7-5-4-6-8-21-11-12-22-10-9-20-3/h4-13H2,1-3H3. The second kappa shape index (κ2) is 10.3. The molecule has 1 heterocycles. The van der Waals surface area contributed by atoms with E-state index in [0.29, 0.717) is 33.0 Å². The van der Waals surface area contributed by atoms with Crippen molar-refractivity contribution in [2.75, 3.05) is 53.2 Å². The Hall–Kier alpha value is -0.560. The fourth-order valence-corrected chi connectivity index (χ4v) is 2.46. The van der Waals surface area contributed by atoms with Gasteiger partial charge in [0.15, 0.2) is 0 Å². The van der Waals surface area contributed by atoms with E-state index in [4.69, 9.17) is 26.0 Å². The topological polar surface area (TPSA) is 51.2 Å². The third-order valence-electron chi connectivity index (χ3n) is 3.57. The summed E-state index contributed by atoms with van der Waals surface area (Å²) in [4.78, 5) is 13.7. The van der Waals surface area contributed by atoms with Crippen molar-refractivity contribution < 1.29 is 19.0 Å². The number of carbonyl (C=O) groups excluding carboxylic acids is 1. The van der Waals surface area contributed by atoms with Crippen LogP contribution in [0.15, 0.2) is 0 Å². The van der Waals surface area contributed by atoms with Crippen LogP contribution < -0.4 is 0 Å². The molecular weight excluding hydrogens is 308 g/mol.